The minimum absolute atomic E-state index is 0.104. The van der Waals surface area contributed by atoms with Crippen LogP contribution in [0.5, 0.6) is 5.75 Å². The number of thiocarbonyl (C=S) groups is 1. The summed E-state index contributed by atoms with van der Waals surface area (Å²) in [5, 5.41) is 5.65. The number of carbonyl (C=O) groups is 1. The Morgan fingerprint density at radius 2 is 1.76 bits per heavy atom. The molecule has 0 heterocycles. The maximum Gasteiger partial charge on any atom is 0.250 e. The Labute approximate surface area is 151 Å². The molecule has 25 heavy (non-hydrogen) atoms. The average Bonchev–Trinajstić information content (AvgIpc) is 2.55. The Bertz CT molecular complexity index is 756. The van der Waals surface area contributed by atoms with Gasteiger partial charge in [-0.3, -0.25) is 10.1 Å². The number of ether oxygens (including phenoxy) is 1. The summed E-state index contributed by atoms with van der Waals surface area (Å²) in [4.78, 5) is 11.8. The van der Waals surface area contributed by atoms with Gasteiger partial charge in [-0.05, 0) is 74.1 Å². The van der Waals surface area contributed by atoms with E-state index in [1.165, 1.54) is 18.2 Å². The third kappa shape index (κ3) is 6.73. The summed E-state index contributed by atoms with van der Waals surface area (Å²) in [6.45, 7) is 3.91. The van der Waals surface area contributed by atoms with Gasteiger partial charge in [-0.15, -0.1) is 0 Å². The molecule has 2 aromatic rings. The van der Waals surface area contributed by atoms with Crippen molar-refractivity contribution in [2.45, 2.75) is 20.0 Å². The number of hydrogen-bond donors (Lipinski definition) is 2. The average molecular weight is 358 g/mol. The number of carbonyl (C=O) groups excluding carboxylic acids is 1. The summed E-state index contributed by atoms with van der Waals surface area (Å²) in [7, 11) is 0. The van der Waals surface area contributed by atoms with Gasteiger partial charge in [-0.2, -0.15) is 0 Å². The Morgan fingerprint density at radius 1 is 1.12 bits per heavy atom. The second-order valence-electron chi connectivity index (χ2n) is 5.52. The van der Waals surface area contributed by atoms with Crippen molar-refractivity contribution in [1.29, 1.82) is 0 Å². The molecule has 130 valence electrons. The van der Waals surface area contributed by atoms with Gasteiger partial charge in [0.05, 0.1) is 6.10 Å². The zero-order valence-electron chi connectivity index (χ0n) is 14.0. The van der Waals surface area contributed by atoms with Crippen molar-refractivity contribution < 1.29 is 13.9 Å². The molecule has 2 N–H and O–H groups in total. The lowest BCUT2D eigenvalue weighted by molar-refractivity contribution is -0.115. The third-order valence-corrected chi connectivity index (χ3v) is 3.22. The van der Waals surface area contributed by atoms with Crippen LogP contribution >= 0.6 is 12.2 Å². The number of halogens is 1. The summed E-state index contributed by atoms with van der Waals surface area (Å²) < 4.78 is 18.4. The molecule has 0 saturated carbocycles. The summed E-state index contributed by atoms with van der Waals surface area (Å²) in [6.07, 6.45) is 3.02. The molecule has 0 aliphatic carbocycles. The molecule has 0 atom stereocenters. The lowest BCUT2D eigenvalue weighted by Crippen LogP contribution is -2.32. The van der Waals surface area contributed by atoms with E-state index in [-0.39, 0.29) is 22.9 Å². The van der Waals surface area contributed by atoms with Crippen molar-refractivity contribution in [3.05, 3.63) is 66.0 Å². The number of nitrogens with one attached hydrogen (secondary N) is 2. The van der Waals surface area contributed by atoms with Crippen molar-refractivity contribution >= 4 is 35.0 Å². The fraction of sp³-hybridized carbons (Fsp3) is 0.158. The Balaban J connectivity index is 1.84. The molecule has 1 amide bonds. The molecule has 0 aromatic heterocycles. The van der Waals surface area contributed by atoms with Crippen LogP contribution in [0.15, 0.2) is 54.6 Å². The highest BCUT2D eigenvalue weighted by molar-refractivity contribution is 7.80. The van der Waals surface area contributed by atoms with E-state index in [9.17, 15) is 9.18 Å². The van der Waals surface area contributed by atoms with Crippen LogP contribution in [0.25, 0.3) is 6.08 Å². The number of hydrogen-bond acceptors (Lipinski definition) is 3. The second kappa shape index (κ2) is 8.94. The molecule has 6 heteroatoms. The van der Waals surface area contributed by atoms with Crippen LogP contribution < -0.4 is 15.4 Å². The maximum absolute atomic E-state index is 12.8. The predicted octanol–water partition coefficient (Wildman–Crippen LogP) is 4.14. The third-order valence-electron chi connectivity index (χ3n) is 3.02. The maximum atomic E-state index is 12.8. The summed E-state index contributed by atoms with van der Waals surface area (Å²) >= 11 is 5.11. The van der Waals surface area contributed by atoms with Crippen LogP contribution in [0, 0.1) is 5.82 Å². The predicted molar refractivity (Wildman–Crippen MR) is 102 cm³/mol. The highest BCUT2D eigenvalue weighted by Gasteiger charge is 2.03. The standard InChI is InChI=1S/C19H19FN2O2S/c1-13(2)24-17-10-8-16(9-11-17)21-19(25)22-18(23)12-5-14-3-6-15(20)7-4-14/h3-13H,1-2H3,(H2,21,22,23,25)/b12-5+. The molecular weight excluding hydrogens is 339 g/mol. The van der Waals surface area contributed by atoms with Crippen molar-refractivity contribution in [3.8, 4) is 5.75 Å². The minimum atomic E-state index is -0.374. The SMILES string of the molecule is CC(C)Oc1ccc(NC(=S)NC(=O)/C=C/c2ccc(F)cc2)cc1. The number of benzene rings is 2. The first-order chi connectivity index (χ1) is 11.9. The fourth-order valence-electron chi connectivity index (χ4n) is 1.95. The number of anilines is 1. The molecule has 0 aliphatic rings. The first-order valence-corrected chi connectivity index (χ1v) is 8.15. The van der Waals surface area contributed by atoms with Gasteiger partial charge in [0.1, 0.15) is 11.6 Å². The fourth-order valence-corrected chi connectivity index (χ4v) is 2.17. The van der Waals surface area contributed by atoms with Crippen LogP contribution in [-0.2, 0) is 4.79 Å². The van der Waals surface area contributed by atoms with Gasteiger partial charge < -0.3 is 10.1 Å². The molecule has 4 nitrogen and oxygen atoms in total. The number of rotatable bonds is 5. The van der Waals surface area contributed by atoms with Gasteiger partial charge >= 0.3 is 0 Å². The van der Waals surface area contributed by atoms with Crippen molar-refractivity contribution in [2.75, 3.05) is 5.32 Å². The van der Waals surface area contributed by atoms with Crippen LogP contribution in [0.4, 0.5) is 10.1 Å². The van der Waals surface area contributed by atoms with Gasteiger partial charge in [0.15, 0.2) is 5.11 Å². The Hall–Kier alpha value is -2.73. The van der Waals surface area contributed by atoms with Crippen LogP contribution in [0.2, 0.25) is 0 Å². The van der Waals surface area contributed by atoms with Gasteiger partial charge in [0.2, 0.25) is 5.91 Å². The normalized spacial score (nSPS) is 10.7. The van der Waals surface area contributed by atoms with E-state index >= 15 is 0 Å². The van der Waals surface area contributed by atoms with E-state index < -0.39 is 0 Å². The molecule has 0 spiro atoms. The molecule has 0 fully saturated rings. The molecule has 2 rings (SSSR count). The van der Waals surface area contributed by atoms with Crippen LogP contribution in [-0.4, -0.2) is 17.1 Å². The van der Waals surface area contributed by atoms with Crippen molar-refractivity contribution in [1.82, 2.24) is 5.32 Å². The van der Waals surface area contributed by atoms with E-state index in [4.69, 9.17) is 17.0 Å². The van der Waals surface area contributed by atoms with E-state index in [1.54, 1.807) is 18.2 Å². The van der Waals surface area contributed by atoms with E-state index in [0.29, 0.717) is 0 Å². The molecule has 0 aliphatic heterocycles. The highest BCUT2D eigenvalue weighted by atomic mass is 32.1. The summed E-state index contributed by atoms with van der Waals surface area (Å²) in [6, 6.07) is 13.1. The lowest BCUT2D eigenvalue weighted by Gasteiger charge is -2.11. The molecule has 0 saturated heterocycles. The van der Waals surface area contributed by atoms with Crippen LogP contribution in [0.3, 0.4) is 0 Å². The summed E-state index contributed by atoms with van der Waals surface area (Å²) in [5.41, 5.74) is 1.46. The minimum Gasteiger partial charge on any atom is -0.491 e. The van der Waals surface area contributed by atoms with Gasteiger partial charge in [0.25, 0.3) is 0 Å². The zero-order valence-corrected chi connectivity index (χ0v) is 14.8. The monoisotopic (exact) mass is 358 g/mol. The summed E-state index contributed by atoms with van der Waals surface area (Å²) in [5.74, 6) is 0.0658. The molecule has 2 aromatic carbocycles. The molecular formula is C19H19FN2O2S. The largest absolute Gasteiger partial charge is 0.491 e. The van der Waals surface area contributed by atoms with Gasteiger partial charge in [-0.1, -0.05) is 12.1 Å². The van der Waals surface area contributed by atoms with E-state index in [1.807, 2.05) is 38.1 Å². The zero-order chi connectivity index (χ0) is 18.2. The molecule has 0 unspecified atom stereocenters. The Kier molecular flexibility index (Phi) is 6.65. The quantitative estimate of drug-likeness (QED) is 0.623. The Morgan fingerprint density at radius 3 is 2.36 bits per heavy atom. The van der Waals surface area contributed by atoms with Gasteiger partial charge in [-0.25, -0.2) is 4.39 Å². The first kappa shape index (κ1) is 18.6. The number of amides is 1. The molecule has 0 bridgehead atoms. The topological polar surface area (TPSA) is 50.4 Å². The molecule has 0 radical (unpaired) electrons. The smallest absolute Gasteiger partial charge is 0.250 e. The van der Waals surface area contributed by atoms with Crippen molar-refractivity contribution in [2.24, 2.45) is 0 Å². The highest BCUT2D eigenvalue weighted by Crippen LogP contribution is 2.16. The van der Waals surface area contributed by atoms with E-state index in [2.05, 4.69) is 10.6 Å². The van der Waals surface area contributed by atoms with Crippen LogP contribution in [0.1, 0.15) is 19.4 Å². The van der Waals surface area contributed by atoms with E-state index in [0.717, 1.165) is 17.0 Å². The first-order valence-electron chi connectivity index (χ1n) is 7.75. The lowest BCUT2D eigenvalue weighted by atomic mass is 10.2. The van der Waals surface area contributed by atoms with Gasteiger partial charge in [0, 0.05) is 11.8 Å². The van der Waals surface area contributed by atoms with Crippen molar-refractivity contribution in [3.63, 3.8) is 0 Å². The second-order valence-corrected chi connectivity index (χ2v) is 5.93.